The van der Waals surface area contributed by atoms with Gasteiger partial charge in [-0.25, -0.2) is 4.79 Å². The van der Waals surface area contributed by atoms with Gasteiger partial charge in [-0.2, -0.15) is 0 Å². The van der Waals surface area contributed by atoms with Gasteiger partial charge in [-0.15, -0.1) is 0 Å². The fraction of sp³-hybridized carbons (Fsp3) is 0.133. The summed E-state index contributed by atoms with van der Waals surface area (Å²) in [5.41, 5.74) is 3.93. The molecule has 19 heavy (non-hydrogen) atoms. The Bertz CT molecular complexity index is 615. The molecule has 0 aliphatic carbocycles. The maximum atomic E-state index is 11.2. The standard InChI is InChI=1S/C15H14BrNO2/c1-9-7-11(16)8-10(2)14(9)17-13-6-4-3-5-12(13)15(18)19/h3-8,17H,1-2H3,(H,18,19). The molecule has 0 aliphatic rings. The second kappa shape index (κ2) is 5.45. The van der Waals surface area contributed by atoms with Crippen molar-refractivity contribution in [1.29, 1.82) is 0 Å². The predicted molar refractivity (Wildman–Crippen MR) is 80.3 cm³/mol. The van der Waals surface area contributed by atoms with E-state index >= 15 is 0 Å². The van der Waals surface area contributed by atoms with Gasteiger partial charge in [-0.3, -0.25) is 0 Å². The zero-order valence-corrected chi connectivity index (χ0v) is 12.3. The number of anilines is 2. The van der Waals surface area contributed by atoms with E-state index < -0.39 is 5.97 Å². The van der Waals surface area contributed by atoms with E-state index in [2.05, 4.69) is 21.2 Å². The molecule has 0 saturated heterocycles. The molecule has 98 valence electrons. The Labute approximate surface area is 120 Å². The van der Waals surface area contributed by atoms with E-state index in [-0.39, 0.29) is 5.56 Å². The van der Waals surface area contributed by atoms with Gasteiger partial charge in [-0.05, 0) is 49.2 Å². The van der Waals surface area contributed by atoms with Gasteiger partial charge in [0.15, 0.2) is 0 Å². The third-order valence-electron chi connectivity index (χ3n) is 2.91. The molecule has 0 saturated carbocycles. The number of carbonyl (C=O) groups is 1. The molecule has 0 spiro atoms. The molecule has 2 aromatic rings. The van der Waals surface area contributed by atoms with Crippen LogP contribution in [0.2, 0.25) is 0 Å². The number of aromatic carboxylic acids is 1. The van der Waals surface area contributed by atoms with Crippen LogP contribution in [0.5, 0.6) is 0 Å². The van der Waals surface area contributed by atoms with Crippen molar-refractivity contribution in [1.82, 2.24) is 0 Å². The second-order valence-corrected chi connectivity index (χ2v) is 5.31. The average Bonchev–Trinajstić information content (AvgIpc) is 2.34. The van der Waals surface area contributed by atoms with E-state index in [0.717, 1.165) is 21.3 Å². The van der Waals surface area contributed by atoms with E-state index in [1.807, 2.05) is 32.0 Å². The van der Waals surface area contributed by atoms with Crippen LogP contribution in [0.3, 0.4) is 0 Å². The van der Waals surface area contributed by atoms with Crippen molar-refractivity contribution >= 4 is 33.3 Å². The van der Waals surface area contributed by atoms with E-state index in [1.54, 1.807) is 18.2 Å². The molecule has 0 aliphatic heterocycles. The molecule has 0 amide bonds. The summed E-state index contributed by atoms with van der Waals surface area (Å²) in [6.07, 6.45) is 0. The SMILES string of the molecule is Cc1cc(Br)cc(C)c1Nc1ccccc1C(=O)O. The van der Waals surface area contributed by atoms with Gasteiger partial charge >= 0.3 is 5.97 Å². The third kappa shape index (κ3) is 2.96. The van der Waals surface area contributed by atoms with E-state index in [9.17, 15) is 9.90 Å². The molecule has 0 radical (unpaired) electrons. The zero-order chi connectivity index (χ0) is 14.0. The Hall–Kier alpha value is -1.81. The number of benzene rings is 2. The Morgan fingerprint density at radius 3 is 2.32 bits per heavy atom. The average molecular weight is 320 g/mol. The Morgan fingerprint density at radius 1 is 1.16 bits per heavy atom. The van der Waals surface area contributed by atoms with Crippen LogP contribution in [0.25, 0.3) is 0 Å². The van der Waals surface area contributed by atoms with Crippen LogP contribution in [-0.4, -0.2) is 11.1 Å². The highest BCUT2D eigenvalue weighted by atomic mass is 79.9. The summed E-state index contributed by atoms with van der Waals surface area (Å²) in [5, 5.41) is 12.4. The first-order valence-electron chi connectivity index (χ1n) is 5.85. The van der Waals surface area contributed by atoms with Crippen molar-refractivity contribution in [3.05, 3.63) is 57.6 Å². The van der Waals surface area contributed by atoms with Crippen molar-refractivity contribution < 1.29 is 9.90 Å². The van der Waals surface area contributed by atoms with Crippen molar-refractivity contribution in [3.63, 3.8) is 0 Å². The lowest BCUT2D eigenvalue weighted by atomic mass is 10.1. The van der Waals surface area contributed by atoms with Crippen LogP contribution in [-0.2, 0) is 0 Å². The number of hydrogen-bond donors (Lipinski definition) is 2. The molecule has 0 aromatic heterocycles. The molecule has 2 rings (SSSR count). The van der Waals surface area contributed by atoms with Gasteiger partial charge in [0.2, 0.25) is 0 Å². The minimum atomic E-state index is -0.935. The monoisotopic (exact) mass is 319 g/mol. The molecule has 3 nitrogen and oxygen atoms in total. The molecule has 2 N–H and O–H groups in total. The number of aryl methyl sites for hydroxylation is 2. The number of carboxylic acids is 1. The summed E-state index contributed by atoms with van der Waals surface area (Å²) >= 11 is 3.45. The Kier molecular flexibility index (Phi) is 3.90. The number of hydrogen-bond acceptors (Lipinski definition) is 2. The predicted octanol–water partition coefficient (Wildman–Crippen LogP) is 4.51. The molecular formula is C15H14BrNO2. The van der Waals surface area contributed by atoms with Crippen molar-refractivity contribution in [2.75, 3.05) is 5.32 Å². The maximum absolute atomic E-state index is 11.2. The van der Waals surface area contributed by atoms with Crippen LogP contribution in [0.15, 0.2) is 40.9 Å². The van der Waals surface area contributed by atoms with Crippen molar-refractivity contribution in [2.45, 2.75) is 13.8 Å². The summed E-state index contributed by atoms with van der Waals surface area (Å²) in [6, 6.07) is 10.9. The van der Waals surface area contributed by atoms with Gasteiger partial charge in [0.1, 0.15) is 0 Å². The smallest absolute Gasteiger partial charge is 0.337 e. The zero-order valence-electron chi connectivity index (χ0n) is 10.7. The summed E-state index contributed by atoms with van der Waals surface area (Å²) in [5.74, 6) is -0.935. The Morgan fingerprint density at radius 2 is 1.74 bits per heavy atom. The third-order valence-corrected chi connectivity index (χ3v) is 3.37. The fourth-order valence-corrected chi connectivity index (χ4v) is 2.71. The topological polar surface area (TPSA) is 49.3 Å². The number of rotatable bonds is 3. The number of carboxylic acid groups (broad SMARTS) is 1. The van der Waals surface area contributed by atoms with Gasteiger partial charge in [0.25, 0.3) is 0 Å². The molecule has 0 atom stereocenters. The van der Waals surface area contributed by atoms with Crippen LogP contribution in [0.1, 0.15) is 21.5 Å². The number of halogens is 1. The first-order chi connectivity index (χ1) is 8.99. The first kappa shape index (κ1) is 13.6. The van der Waals surface area contributed by atoms with Gasteiger partial charge in [0, 0.05) is 10.2 Å². The number of nitrogens with one attached hydrogen (secondary N) is 1. The van der Waals surface area contributed by atoms with Crippen LogP contribution in [0.4, 0.5) is 11.4 Å². The minimum absolute atomic E-state index is 0.268. The lowest BCUT2D eigenvalue weighted by Gasteiger charge is -2.15. The lowest BCUT2D eigenvalue weighted by Crippen LogP contribution is -2.04. The summed E-state index contributed by atoms with van der Waals surface area (Å²) in [6.45, 7) is 3.98. The molecule has 0 unspecified atom stereocenters. The highest BCUT2D eigenvalue weighted by Gasteiger charge is 2.11. The maximum Gasteiger partial charge on any atom is 0.337 e. The van der Waals surface area contributed by atoms with E-state index in [0.29, 0.717) is 5.69 Å². The summed E-state index contributed by atoms with van der Waals surface area (Å²) in [4.78, 5) is 11.2. The van der Waals surface area contributed by atoms with Crippen LogP contribution in [0, 0.1) is 13.8 Å². The lowest BCUT2D eigenvalue weighted by molar-refractivity contribution is 0.0698. The molecule has 2 aromatic carbocycles. The minimum Gasteiger partial charge on any atom is -0.478 e. The first-order valence-corrected chi connectivity index (χ1v) is 6.64. The van der Waals surface area contributed by atoms with Gasteiger partial charge in [-0.1, -0.05) is 28.1 Å². The van der Waals surface area contributed by atoms with Crippen molar-refractivity contribution in [2.24, 2.45) is 0 Å². The van der Waals surface area contributed by atoms with E-state index in [4.69, 9.17) is 0 Å². The number of para-hydroxylation sites is 1. The highest BCUT2D eigenvalue weighted by molar-refractivity contribution is 9.10. The second-order valence-electron chi connectivity index (χ2n) is 4.39. The largest absolute Gasteiger partial charge is 0.478 e. The normalized spacial score (nSPS) is 10.3. The highest BCUT2D eigenvalue weighted by Crippen LogP contribution is 2.29. The molecule has 0 fully saturated rings. The molecule has 0 heterocycles. The van der Waals surface area contributed by atoms with Crippen LogP contribution >= 0.6 is 15.9 Å². The van der Waals surface area contributed by atoms with Gasteiger partial charge < -0.3 is 10.4 Å². The van der Waals surface area contributed by atoms with Crippen molar-refractivity contribution in [3.8, 4) is 0 Å². The van der Waals surface area contributed by atoms with Gasteiger partial charge in [0.05, 0.1) is 11.3 Å². The Balaban J connectivity index is 2.45. The fourth-order valence-electron chi connectivity index (χ4n) is 2.02. The molecular weight excluding hydrogens is 306 g/mol. The molecule has 4 heteroatoms. The quantitative estimate of drug-likeness (QED) is 0.875. The summed E-state index contributed by atoms with van der Waals surface area (Å²) < 4.78 is 1.01. The molecule has 0 bridgehead atoms. The van der Waals surface area contributed by atoms with E-state index in [1.165, 1.54) is 0 Å². The van der Waals surface area contributed by atoms with Crippen LogP contribution < -0.4 is 5.32 Å². The summed E-state index contributed by atoms with van der Waals surface area (Å²) in [7, 11) is 0.